The third-order valence-corrected chi connectivity index (χ3v) is 6.83. The first-order chi connectivity index (χ1) is 13.5. The molecule has 7 nitrogen and oxygen atoms in total. The number of benzene rings is 1. The zero-order chi connectivity index (χ0) is 19.7. The monoisotopic (exact) mass is 387 g/mol. The number of ether oxygens (including phenoxy) is 1. The molecule has 0 unspecified atom stereocenters. The molecule has 0 bridgehead atoms. The lowest BCUT2D eigenvalue weighted by Crippen LogP contribution is -2.49. The first-order valence-electron chi connectivity index (χ1n) is 10.2. The molecule has 0 radical (unpaired) electrons. The summed E-state index contributed by atoms with van der Waals surface area (Å²) in [4.78, 5) is 28.6. The van der Waals surface area contributed by atoms with Crippen molar-refractivity contribution in [3.05, 3.63) is 24.3 Å². The molecule has 2 amide bonds. The van der Waals surface area contributed by atoms with Crippen molar-refractivity contribution in [1.29, 1.82) is 0 Å². The average molecular weight is 387 g/mol. The number of carbonyl (C=O) groups is 2. The third-order valence-electron chi connectivity index (χ3n) is 6.83. The van der Waals surface area contributed by atoms with Gasteiger partial charge in [0.25, 0.3) is 0 Å². The predicted molar refractivity (Wildman–Crippen MR) is 106 cm³/mol. The summed E-state index contributed by atoms with van der Waals surface area (Å²) in [6.45, 7) is 2.62. The molecule has 7 heteroatoms. The van der Waals surface area contributed by atoms with E-state index < -0.39 is 11.4 Å². The van der Waals surface area contributed by atoms with Gasteiger partial charge in [0.1, 0.15) is 5.75 Å². The second-order valence-corrected chi connectivity index (χ2v) is 8.31. The first kappa shape index (κ1) is 18.9. The Morgan fingerprint density at radius 3 is 2.64 bits per heavy atom. The molecule has 1 aromatic carbocycles. The van der Waals surface area contributed by atoms with Gasteiger partial charge in [0, 0.05) is 32.2 Å². The molecular weight excluding hydrogens is 358 g/mol. The van der Waals surface area contributed by atoms with Gasteiger partial charge in [-0.05, 0) is 43.7 Å². The van der Waals surface area contributed by atoms with Crippen LogP contribution in [0.5, 0.6) is 5.75 Å². The number of para-hydroxylation sites is 2. The number of carbonyl (C=O) groups excluding carboxylic acids is 1. The van der Waals surface area contributed by atoms with Crippen LogP contribution in [-0.2, 0) is 4.79 Å². The SMILES string of the molecule is COc1ccccc1N1CCC(NC(=O)N2C[C@@H]3CCC[C@@]3(C(=O)O)C2)CC1. The topological polar surface area (TPSA) is 82.1 Å². The number of hydrogen-bond donors (Lipinski definition) is 2. The number of urea groups is 1. The van der Waals surface area contributed by atoms with E-state index in [0.717, 1.165) is 50.2 Å². The number of amides is 2. The summed E-state index contributed by atoms with van der Waals surface area (Å²) in [6.07, 6.45) is 4.28. The van der Waals surface area contributed by atoms with Crippen molar-refractivity contribution in [2.24, 2.45) is 11.3 Å². The smallest absolute Gasteiger partial charge is 0.317 e. The lowest BCUT2D eigenvalue weighted by atomic mass is 9.81. The standard InChI is InChI=1S/C21H29N3O4/c1-28-18-7-3-2-6-17(18)23-11-8-16(9-12-23)22-20(27)24-13-15-5-4-10-21(15,14-24)19(25)26/h2-3,6-7,15-16H,4-5,8-14H2,1H3,(H,22,27)(H,25,26)/t15-,21+/m0/s1. The minimum Gasteiger partial charge on any atom is -0.495 e. The molecule has 2 heterocycles. The van der Waals surface area contributed by atoms with Crippen LogP contribution < -0.4 is 15.0 Å². The molecule has 3 aliphatic rings. The van der Waals surface area contributed by atoms with Crippen LogP contribution >= 0.6 is 0 Å². The van der Waals surface area contributed by atoms with Crippen LogP contribution in [0, 0.1) is 11.3 Å². The highest BCUT2D eigenvalue weighted by Crippen LogP contribution is 2.48. The number of rotatable bonds is 4. The quantitative estimate of drug-likeness (QED) is 0.830. The van der Waals surface area contributed by atoms with Gasteiger partial charge in [-0.3, -0.25) is 4.79 Å². The Hall–Kier alpha value is -2.44. The fourth-order valence-electron chi connectivity index (χ4n) is 5.22. The molecule has 2 atom stereocenters. The maximum atomic E-state index is 12.7. The van der Waals surface area contributed by atoms with Gasteiger partial charge in [-0.15, -0.1) is 0 Å². The number of likely N-dealkylation sites (tertiary alicyclic amines) is 1. The van der Waals surface area contributed by atoms with Crippen molar-refractivity contribution in [2.75, 3.05) is 38.2 Å². The van der Waals surface area contributed by atoms with Gasteiger partial charge in [0.2, 0.25) is 0 Å². The molecule has 28 heavy (non-hydrogen) atoms. The van der Waals surface area contributed by atoms with Crippen molar-refractivity contribution in [3.8, 4) is 5.75 Å². The summed E-state index contributed by atoms with van der Waals surface area (Å²) in [5.74, 6) is 0.228. The summed E-state index contributed by atoms with van der Waals surface area (Å²) >= 11 is 0. The number of methoxy groups -OCH3 is 1. The van der Waals surface area contributed by atoms with Gasteiger partial charge in [-0.1, -0.05) is 18.6 Å². The van der Waals surface area contributed by atoms with Gasteiger partial charge in [0.15, 0.2) is 0 Å². The molecule has 3 fully saturated rings. The predicted octanol–water partition coefficient (Wildman–Crippen LogP) is 2.56. The number of nitrogens with one attached hydrogen (secondary N) is 1. The molecule has 0 aromatic heterocycles. The van der Waals surface area contributed by atoms with E-state index in [0.29, 0.717) is 19.5 Å². The highest BCUT2D eigenvalue weighted by Gasteiger charge is 2.55. The van der Waals surface area contributed by atoms with Gasteiger partial charge in [-0.25, -0.2) is 4.79 Å². The Kier molecular flexibility index (Phi) is 5.08. The summed E-state index contributed by atoms with van der Waals surface area (Å²) < 4.78 is 5.46. The summed E-state index contributed by atoms with van der Waals surface area (Å²) in [7, 11) is 1.68. The number of carboxylic acids is 1. The lowest BCUT2D eigenvalue weighted by Gasteiger charge is -2.35. The molecule has 2 aliphatic heterocycles. The van der Waals surface area contributed by atoms with Crippen molar-refractivity contribution < 1.29 is 19.4 Å². The van der Waals surface area contributed by atoms with E-state index in [9.17, 15) is 14.7 Å². The van der Waals surface area contributed by atoms with E-state index in [4.69, 9.17) is 4.74 Å². The Morgan fingerprint density at radius 1 is 1.21 bits per heavy atom. The van der Waals surface area contributed by atoms with E-state index in [1.54, 1.807) is 12.0 Å². The van der Waals surface area contributed by atoms with Crippen molar-refractivity contribution >= 4 is 17.7 Å². The molecule has 1 aromatic rings. The molecule has 152 valence electrons. The summed E-state index contributed by atoms with van der Waals surface area (Å²) in [5, 5.41) is 12.8. The third kappa shape index (κ3) is 3.27. The number of fused-ring (bicyclic) bond motifs is 1. The van der Waals surface area contributed by atoms with Gasteiger partial charge < -0.3 is 25.0 Å². The van der Waals surface area contributed by atoms with Gasteiger partial charge >= 0.3 is 12.0 Å². The van der Waals surface area contributed by atoms with E-state index in [-0.39, 0.29) is 18.0 Å². The van der Waals surface area contributed by atoms with Gasteiger partial charge in [-0.2, -0.15) is 0 Å². The van der Waals surface area contributed by atoms with E-state index in [1.165, 1.54) is 0 Å². The van der Waals surface area contributed by atoms with Crippen molar-refractivity contribution in [3.63, 3.8) is 0 Å². The zero-order valence-electron chi connectivity index (χ0n) is 16.4. The molecular formula is C21H29N3O4. The second-order valence-electron chi connectivity index (χ2n) is 8.31. The largest absolute Gasteiger partial charge is 0.495 e. The Morgan fingerprint density at radius 2 is 1.96 bits per heavy atom. The van der Waals surface area contributed by atoms with Crippen LogP contribution in [0.3, 0.4) is 0 Å². The van der Waals surface area contributed by atoms with E-state index in [2.05, 4.69) is 16.3 Å². The Bertz CT molecular complexity index is 747. The highest BCUT2D eigenvalue weighted by molar-refractivity contribution is 5.80. The number of carboxylic acid groups (broad SMARTS) is 1. The average Bonchev–Trinajstić information content (AvgIpc) is 3.27. The highest BCUT2D eigenvalue weighted by atomic mass is 16.5. The fraction of sp³-hybridized carbons (Fsp3) is 0.619. The lowest BCUT2D eigenvalue weighted by molar-refractivity contribution is -0.149. The molecule has 0 spiro atoms. The molecule has 1 saturated carbocycles. The second kappa shape index (κ2) is 7.53. The molecule has 2 N–H and O–H groups in total. The number of aliphatic carboxylic acids is 1. The van der Waals surface area contributed by atoms with Crippen LogP contribution in [-0.4, -0.2) is 61.3 Å². The van der Waals surface area contributed by atoms with Gasteiger partial charge in [0.05, 0.1) is 18.2 Å². The zero-order valence-corrected chi connectivity index (χ0v) is 16.4. The van der Waals surface area contributed by atoms with Crippen LogP contribution in [0.15, 0.2) is 24.3 Å². The van der Waals surface area contributed by atoms with E-state index in [1.807, 2.05) is 18.2 Å². The minimum absolute atomic E-state index is 0.100. The molecule has 4 rings (SSSR count). The van der Waals surface area contributed by atoms with E-state index >= 15 is 0 Å². The van der Waals surface area contributed by atoms with Crippen LogP contribution in [0.2, 0.25) is 0 Å². The fourth-order valence-corrected chi connectivity index (χ4v) is 5.22. The number of hydrogen-bond acceptors (Lipinski definition) is 4. The maximum Gasteiger partial charge on any atom is 0.317 e. The Balaban J connectivity index is 1.32. The molecule has 2 saturated heterocycles. The van der Waals surface area contributed by atoms with Crippen LogP contribution in [0.25, 0.3) is 0 Å². The number of nitrogens with zero attached hydrogens (tertiary/aromatic N) is 2. The number of piperidine rings is 1. The van der Waals surface area contributed by atoms with Crippen molar-refractivity contribution in [2.45, 2.75) is 38.1 Å². The maximum absolute atomic E-state index is 12.7. The normalized spacial score (nSPS) is 27.5. The Labute approximate surface area is 165 Å². The van der Waals surface area contributed by atoms with Crippen LogP contribution in [0.4, 0.5) is 10.5 Å². The minimum atomic E-state index is -0.740. The van der Waals surface area contributed by atoms with Crippen molar-refractivity contribution in [1.82, 2.24) is 10.2 Å². The first-order valence-corrected chi connectivity index (χ1v) is 10.2. The summed E-state index contributed by atoms with van der Waals surface area (Å²) in [5.41, 5.74) is 0.371. The number of anilines is 1. The molecule has 1 aliphatic carbocycles. The summed E-state index contributed by atoms with van der Waals surface area (Å²) in [6, 6.07) is 8.02. The van der Waals surface area contributed by atoms with Crippen LogP contribution in [0.1, 0.15) is 32.1 Å².